The maximum absolute atomic E-state index is 13.3. The van der Waals surface area contributed by atoms with Crippen molar-refractivity contribution in [3.63, 3.8) is 0 Å². The van der Waals surface area contributed by atoms with Gasteiger partial charge < -0.3 is 38.6 Å². The number of methoxy groups -OCH3 is 1. The van der Waals surface area contributed by atoms with E-state index in [4.69, 9.17) is 28.4 Å². The van der Waals surface area contributed by atoms with Crippen LogP contribution in [0.25, 0.3) is 0 Å². The van der Waals surface area contributed by atoms with Crippen molar-refractivity contribution in [1.82, 2.24) is 0 Å². The lowest BCUT2D eigenvalue weighted by molar-refractivity contribution is -0.207. The molecule has 0 amide bonds. The van der Waals surface area contributed by atoms with Gasteiger partial charge in [-0.2, -0.15) is 0 Å². The zero-order valence-electron chi connectivity index (χ0n) is 47.0. The number of carboxylic acids is 1. The molecule has 1 aliphatic heterocycles. The fraction of sp³-hybridized carbons (Fsp3) is 0.767. The summed E-state index contributed by atoms with van der Waals surface area (Å²) >= 11 is 0. The molecular weight excluding hydrogens is 945 g/mol. The Morgan fingerprint density at radius 3 is 1.50 bits per heavy atom. The van der Waals surface area contributed by atoms with Gasteiger partial charge in [0.2, 0.25) is 6.29 Å². The molecule has 0 aliphatic carbocycles. The summed E-state index contributed by atoms with van der Waals surface area (Å²) in [4.78, 5) is 77.1. The first-order valence-corrected chi connectivity index (χ1v) is 28.7. The van der Waals surface area contributed by atoms with Gasteiger partial charge in [-0.05, 0) is 50.5 Å². The molecule has 0 fully saturated rings. The molecule has 0 spiro atoms. The number of hydrogen-bond donors (Lipinski definition) is 2. The van der Waals surface area contributed by atoms with Crippen molar-refractivity contribution in [3.05, 3.63) is 33.9 Å². The predicted molar refractivity (Wildman–Crippen MR) is 288 cm³/mol. The van der Waals surface area contributed by atoms with E-state index >= 15 is 0 Å². The van der Waals surface area contributed by atoms with E-state index in [0.29, 0.717) is 41.7 Å². The van der Waals surface area contributed by atoms with Crippen LogP contribution in [0.3, 0.4) is 0 Å². The van der Waals surface area contributed by atoms with Crippen molar-refractivity contribution in [3.8, 4) is 11.5 Å². The molecule has 1 aliphatic rings. The molecule has 14 nitrogen and oxygen atoms in total. The maximum Gasteiger partial charge on any atom is 0.342 e. The molecule has 0 saturated heterocycles. The van der Waals surface area contributed by atoms with Gasteiger partial charge in [-0.25, -0.2) is 4.79 Å². The fourth-order valence-corrected chi connectivity index (χ4v) is 9.71. The van der Waals surface area contributed by atoms with E-state index in [2.05, 4.69) is 13.8 Å². The highest BCUT2D eigenvalue weighted by Gasteiger charge is 2.44. The monoisotopic (exact) mass is 1040 g/mol. The Labute approximate surface area is 445 Å². The molecule has 2 atom stereocenters. The highest BCUT2D eigenvalue weighted by atomic mass is 16.7. The van der Waals surface area contributed by atoms with Crippen LogP contribution in [0.1, 0.15) is 267 Å². The molecule has 1 heterocycles. The summed E-state index contributed by atoms with van der Waals surface area (Å²) < 4.78 is 33.1. The smallest absolute Gasteiger partial charge is 0.342 e. The molecule has 0 saturated carbocycles. The Morgan fingerprint density at radius 1 is 0.635 bits per heavy atom. The molecule has 2 rings (SSSR count). The first-order chi connectivity index (χ1) is 35.6. The molecule has 0 aromatic heterocycles. The molecule has 1 aromatic rings. The second kappa shape index (κ2) is 38.9. The number of phenolic OH excluding ortho intramolecular Hbond substituents is 1. The van der Waals surface area contributed by atoms with Crippen molar-refractivity contribution in [2.24, 2.45) is 11.3 Å². The minimum Gasteiger partial charge on any atom is -0.507 e. The van der Waals surface area contributed by atoms with E-state index < -0.39 is 66.3 Å². The van der Waals surface area contributed by atoms with E-state index in [1.165, 1.54) is 123 Å². The molecule has 14 heteroatoms. The van der Waals surface area contributed by atoms with Crippen molar-refractivity contribution in [2.45, 2.75) is 266 Å². The molecule has 1 aromatic carbocycles. The standard InChI is InChI=1S/C60H98O14/c1-8-10-12-14-16-18-20-22-24-26-28-30-32-34-52(64)73-59(74-53(65)35-33-31-29-27-25-23-21-19-17-15-13-11-9-2)47(5)60(6,42-50(61)62)43-54(66)71-41-40-70-51(63)39-37-45(3)36-38-48-56(67)55-49(44-72-58(55)68)46(4)57(48)69-7/h36,47,59,67H,8-35,37-44H2,1-7H3,(H,61,62)/b45-36+. The lowest BCUT2D eigenvalue weighted by atomic mass is 9.72. The van der Waals surface area contributed by atoms with Crippen molar-refractivity contribution >= 4 is 35.8 Å². The Bertz CT molecular complexity index is 1810. The quantitative estimate of drug-likeness (QED) is 0.0206. The first-order valence-electron chi connectivity index (χ1n) is 28.7. The SMILES string of the molecule is CCCCCCCCCCCCCCCC(=O)OC(OC(=O)CCCCCCCCCCCCCCC)C(C)C(C)(CC(=O)O)CC(=O)OCCOC(=O)CC/C(C)=C/Cc1c(O)c2c(c(C)c1OC)COC2=O. The normalized spacial score (nSPS) is 13.5. The molecular formula is C60H98O14. The van der Waals surface area contributed by atoms with Gasteiger partial charge in [0.05, 0.1) is 20.0 Å². The summed E-state index contributed by atoms with van der Waals surface area (Å²) in [7, 11) is 1.49. The predicted octanol–water partition coefficient (Wildman–Crippen LogP) is 14.6. The molecule has 2 N–H and O–H groups in total. The number of cyclic esters (lactones) is 1. The number of allylic oxidation sites excluding steroid dienone is 2. The van der Waals surface area contributed by atoms with Gasteiger partial charge in [0.25, 0.3) is 0 Å². The van der Waals surface area contributed by atoms with E-state index in [-0.39, 0.29) is 56.8 Å². The zero-order valence-corrected chi connectivity index (χ0v) is 47.0. The summed E-state index contributed by atoms with van der Waals surface area (Å²) in [5, 5.41) is 20.9. The number of benzene rings is 1. The lowest BCUT2D eigenvalue weighted by Gasteiger charge is -2.37. The van der Waals surface area contributed by atoms with E-state index in [1.54, 1.807) is 20.8 Å². The number of aliphatic carboxylic acids is 1. The number of unbranched alkanes of at least 4 members (excludes halogenated alkanes) is 24. The maximum atomic E-state index is 13.3. The summed E-state index contributed by atoms with van der Waals surface area (Å²) in [6.45, 7) is 10.9. The Hall–Kier alpha value is -4.62. The van der Waals surface area contributed by atoms with Crippen LogP contribution in [0.15, 0.2) is 11.6 Å². The fourth-order valence-electron chi connectivity index (χ4n) is 9.71. The van der Waals surface area contributed by atoms with Gasteiger partial charge in [-0.1, -0.05) is 193 Å². The van der Waals surface area contributed by atoms with Crippen LogP contribution in [0, 0.1) is 18.3 Å². The number of aromatic hydroxyl groups is 1. The summed E-state index contributed by atoms with van der Waals surface area (Å²) in [5.74, 6) is -4.77. The highest BCUT2D eigenvalue weighted by Crippen LogP contribution is 2.42. The number of carbonyl (C=O) groups is 6. The van der Waals surface area contributed by atoms with Crippen LogP contribution >= 0.6 is 0 Å². The second-order valence-corrected chi connectivity index (χ2v) is 21.1. The number of phenols is 1. The second-order valence-electron chi connectivity index (χ2n) is 21.1. The molecule has 422 valence electrons. The average molecular weight is 1040 g/mol. The van der Waals surface area contributed by atoms with Gasteiger partial charge in [0.1, 0.15) is 36.9 Å². The van der Waals surface area contributed by atoms with Crippen molar-refractivity contribution in [1.29, 1.82) is 0 Å². The van der Waals surface area contributed by atoms with Crippen LogP contribution < -0.4 is 4.74 Å². The average Bonchev–Trinajstić information content (AvgIpc) is 3.76. The molecule has 2 unspecified atom stereocenters. The third-order valence-corrected chi connectivity index (χ3v) is 14.7. The molecule has 74 heavy (non-hydrogen) atoms. The van der Waals surface area contributed by atoms with Crippen molar-refractivity contribution < 1.29 is 67.4 Å². The number of fused-ring (bicyclic) bond motifs is 1. The topological polar surface area (TPSA) is 198 Å². The summed E-state index contributed by atoms with van der Waals surface area (Å²) in [6, 6.07) is 0. The van der Waals surface area contributed by atoms with E-state index in [1.807, 2.05) is 13.0 Å². The number of esters is 5. The van der Waals surface area contributed by atoms with Crippen LogP contribution in [0.5, 0.6) is 11.5 Å². The van der Waals surface area contributed by atoms with E-state index in [0.717, 1.165) is 44.1 Å². The first kappa shape index (κ1) is 65.5. The Kier molecular flexibility index (Phi) is 34.4. The molecule has 0 radical (unpaired) electrons. The summed E-state index contributed by atoms with van der Waals surface area (Å²) in [6.07, 6.45) is 30.5. The van der Waals surface area contributed by atoms with Gasteiger partial charge in [0.15, 0.2) is 0 Å². The Balaban J connectivity index is 1.93. The van der Waals surface area contributed by atoms with E-state index in [9.17, 15) is 39.0 Å². The number of rotatable bonds is 45. The highest BCUT2D eigenvalue weighted by molar-refractivity contribution is 5.98. The summed E-state index contributed by atoms with van der Waals surface area (Å²) in [5.41, 5.74) is 1.37. The number of carbonyl (C=O) groups excluding carboxylic acids is 5. The number of ether oxygens (including phenoxy) is 6. The van der Waals surface area contributed by atoms with Gasteiger partial charge in [-0.3, -0.25) is 24.0 Å². The van der Waals surface area contributed by atoms with Crippen LogP contribution in [0.2, 0.25) is 0 Å². The third-order valence-electron chi connectivity index (χ3n) is 14.7. The van der Waals surface area contributed by atoms with Crippen LogP contribution in [0.4, 0.5) is 0 Å². The van der Waals surface area contributed by atoms with Crippen molar-refractivity contribution in [2.75, 3.05) is 20.3 Å². The van der Waals surface area contributed by atoms with Gasteiger partial charge >= 0.3 is 35.8 Å². The Morgan fingerprint density at radius 2 is 1.07 bits per heavy atom. The third kappa shape index (κ3) is 26.7. The largest absolute Gasteiger partial charge is 0.507 e. The van der Waals surface area contributed by atoms with Crippen LogP contribution in [-0.4, -0.2) is 72.6 Å². The van der Waals surface area contributed by atoms with Gasteiger partial charge in [0, 0.05) is 36.3 Å². The minimum absolute atomic E-state index is 0.0285. The molecule has 0 bridgehead atoms. The van der Waals surface area contributed by atoms with Gasteiger partial charge in [-0.15, -0.1) is 0 Å². The van der Waals surface area contributed by atoms with Crippen LogP contribution in [-0.2, 0) is 60.7 Å². The number of carboxylic acid groups (broad SMARTS) is 1. The lowest BCUT2D eigenvalue weighted by Crippen LogP contribution is -2.42. The minimum atomic E-state index is -1.42. The zero-order chi connectivity index (χ0) is 54.6. The number of hydrogen-bond acceptors (Lipinski definition) is 13.